The summed E-state index contributed by atoms with van der Waals surface area (Å²) in [6.45, 7) is 0. The minimum absolute atomic E-state index is 0.172. The summed E-state index contributed by atoms with van der Waals surface area (Å²) < 4.78 is 24.6. The number of rotatable bonds is 4. The second-order valence-corrected chi connectivity index (χ2v) is 7.64. The lowest BCUT2D eigenvalue weighted by Crippen LogP contribution is -2.41. The number of nitriles is 2. The average molecular weight is 501 g/mol. The predicted octanol–water partition coefficient (Wildman–Crippen LogP) is 3.90. The molecule has 3 rings (SSSR count). The number of anilines is 1. The Morgan fingerprint density at radius 2 is 1.68 bits per heavy atom. The van der Waals surface area contributed by atoms with Crippen LogP contribution in [0.15, 0.2) is 59.1 Å². The van der Waals surface area contributed by atoms with Crippen LogP contribution in [0, 0.1) is 28.5 Å². The van der Waals surface area contributed by atoms with E-state index in [1.54, 1.807) is 36.4 Å². The lowest BCUT2D eigenvalue weighted by molar-refractivity contribution is -0.139. The van der Waals surface area contributed by atoms with E-state index >= 15 is 0 Å². The number of esters is 2. The maximum Gasteiger partial charge on any atom is 0.355 e. The molecule has 0 aromatic heterocycles. The molecule has 1 atom stereocenters. The van der Waals surface area contributed by atoms with Crippen molar-refractivity contribution in [2.75, 3.05) is 19.1 Å². The molecule has 1 heterocycles. The van der Waals surface area contributed by atoms with Gasteiger partial charge in [0.15, 0.2) is 5.82 Å². The van der Waals surface area contributed by atoms with Gasteiger partial charge in [-0.3, -0.25) is 4.90 Å². The third-order valence-electron chi connectivity index (χ3n) is 5.09. The first-order chi connectivity index (χ1) is 16.2. The second-order valence-electron chi connectivity index (χ2n) is 6.82. The summed E-state index contributed by atoms with van der Waals surface area (Å²) in [5.41, 5.74) is 4.71. The van der Waals surface area contributed by atoms with E-state index < -0.39 is 45.6 Å². The largest absolute Gasteiger partial charge is 0.466 e. The normalized spacial score (nSPS) is 15.5. The molecule has 0 bridgehead atoms. The van der Waals surface area contributed by atoms with Gasteiger partial charge in [0.05, 0.1) is 53.1 Å². The Balaban J connectivity index is 2.54. The number of nitrogens with two attached hydrogens (primary N) is 1. The molecule has 0 radical (unpaired) electrons. The van der Waals surface area contributed by atoms with Crippen LogP contribution in [0.3, 0.4) is 0 Å². The van der Waals surface area contributed by atoms with Crippen molar-refractivity contribution in [2.45, 2.75) is 5.92 Å². The highest BCUT2D eigenvalue weighted by Crippen LogP contribution is 2.46. The van der Waals surface area contributed by atoms with Gasteiger partial charge in [0.2, 0.25) is 0 Å². The van der Waals surface area contributed by atoms with E-state index in [-0.39, 0.29) is 22.0 Å². The molecule has 0 saturated heterocycles. The molecule has 2 N–H and O–H groups in total. The number of nitrogens with zero attached hydrogens (tertiary/aromatic N) is 3. The van der Waals surface area contributed by atoms with Crippen molar-refractivity contribution >= 4 is 40.8 Å². The van der Waals surface area contributed by atoms with Crippen LogP contribution < -0.4 is 10.6 Å². The van der Waals surface area contributed by atoms with Crippen LogP contribution in [0.4, 0.5) is 10.1 Å². The van der Waals surface area contributed by atoms with Crippen molar-refractivity contribution in [1.29, 1.82) is 10.5 Å². The van der Waals surface area contributed by atoms with Crippen LogP contribution in [-0.2, 0) is 19.1 Å². The minimum Gasteiger partial charge on any atom is -0.466 e. The van der Waals surface area contributed by atoms with Crippen LogP contribution in [0.5, 0.6) is 0 Å². The van der Waals surface area contributed by atoms with Gasteiger partial charge in [0.1, 0.15) is 23.2 Å². The van der Waals surface area contributed by atoms with E-state index in [1.165, 1.54) is 0 Å². The predicted molar refractivity (Wildman–Crippen MR) is 121 cm³/mol. The Morgan fingerprint density at radius 3 is 2.21 bits per heavy atom. The van der Waals surface area contributed by atoms with Gasteiger partial charge in [0, 0.05) is 0 Å². The number of carbonyl (C=O) groups is 2. The molecule has 0 saturated carbocycles. The summed E-state index contributed by atoms with van der Waals surface area (Å²) in [4.78, 5) is 26.9. The minimum atomic E-state index is -1.14. The molecule has 0 aliphatic carbocycles. The van der Waals surface area contributed by atoms with E-state index in [2.05, 4.69) is 0 Å². The fourth-order valence-electron chi connectivity index (χ4n) is 3.65. The highest BCUT2D eigenvalue weighted by Gasteiger charge is 2.44. The van der Waals surface area contributed by atoms with E-state index in [0.717, 1.165) is 25.2 Å². The fraction of sp³-hybridized carbons (Fsp3) is 0.130. The maximum atomic E-state index is 14.8. The number of carbonyl (C=O) groups excluding carboxylic acids is 2. The Bertz CT molecular complexity index is 1340. The molecule has 172 valence electrons. The monoisotopic (exact) mass is 500 g/mol. The van der Waals surface area contributed by atoms with Gasteiger partial charge in [-0.25, -0.2) is 14.0 Å². The fourth-order valence-corrected chi connectivity index (χ4v) is 4.20. The van der Waals surface area contributed by atoms with E-state index in [0.29, 0.717) is 5.56 Å². The quantitative estimate of drug-likeness (QED) is 0.493. The first-order valence-corrected chi connectivity index (χ1v) is 10.2. The van der Waals surface area contributed by atoms with Crippen LogP contribution in [0.2, 0.25) is 10.0 Å². The smallest absolute Gasteiger partial charge is 0.355 e. The SMILES string of the molecule is COC(=O)C1=C(C(=O)OC)N(c2c(Cl)cc(Cl)c(F)c2C#N)C(N)=C(C#N)C1c1ccccc1. The first-order valence-electron chi connectivity index (χ1n) is 9.46. The van der Waals surface area contributed by atoms with Gasteiger partial charge in [-0.1, -0.05) is 53.5 Å². The molecule has 1 aliphatic heterocycles. The molecule has 0 spiro atoms. The Kier molecular flexibility index (Phi) is 7.11. The molecule has 34 heavy (non-hydrogen) atoms. The summed E-state index contributed by atoms with van der Waals surface area (Å²) in [6, 6.07) is 12.9. The van der Waals surface area contributed by atoms with Crippen molar-refractivity contribution in [2.24, 2.45) is 5.73 Å². The summed E-state index contributed by atoms with van der Waals surface area (Å²) in [5.74, 6) is -4.70. The molecule has 11 heteroatoms. The van der Waals surface area contributed by atoms with Crippen molar-refractivity contribution < 1.29 is 23.5 Å². The maximum absolute atomic E-state index is 14.8. The zero-order valence-electron chi connectivity index (χ0n) is 17.7. The van der Waals surface area contributed by atoms with Gasteiger partial charge >= 0.3 is 11.9 Å². The Morgan fingerprint density at radius 1 is 1.06 bits per heavy atom. The summed E-state index contributed by atoms with van der Waals surface area (Å²) in [6.07, 6.45) is 0. The van der Waals surface area contributed by atoms with Gasteiger partial charge < -0.3 is 15.2 Å². The summed E-state index contributed by atoms with van der Waals surface area (Å²) >= 11 is 12.1. The van der Waals surface area contributed by atoms with E-state index in [9.17, 15) is 24.5 Å². The van der Waals surface area contributed by atoms with Crippen LogP contribution in [0.1, 0.15) is 17.0 Å². The average Bonchev–Trinajstić information content (AvgIpc) is 2.85. The lowest BCUT2D eigenvalue weighted by Gasteiger charge is -2.36. The Hall–Kier alpha value is -4.05. The molecule has 0 amide bonds. The summed E-state index contributed by atoms with van der Waals surface area (Å²) in [7, 11) is 2.13. The zero-order valence-corrected chi connectivity index (χ0v) is 19.2. The van der Waals surface area contributed by atoms with Gasteiger partial charge in [0.25, 0.3) is 0 Å². The number of halogens is 3. The standard InChI is InChI=1S/C23H15Cl2FN4O4/c1-33-22(31)17-16(11-6-4-3-5-7-11)12(9-27)21(29)30(20(17)23(32)34-2)19-13(10-28)18(26)14(24)8-15(19)25/h3-8,16H,29H2,1-2H3. The molecular weight excluding hydrogens is 486 g/mol. The van der Waals surface area contributed by atoms with Crippen molar-refractivity contribution in [3.63, 3.8) is 0 Å². The Labute approximate surface area is 203 Å². The zero-order chi connectivity index (χ0) is 25.2. The lowest BCUT2D eigenvalue weighted by atomic mass is 9.80. The first kappa shape index (κ1) is 24.6. The van der Waals surface area contributed by atoms with E-state index in [1.807, 2.05) is 6.07 Å². The number of benzene rings is 2. The number of ether oxygens (including phenoxy) is 2. The number of allylic oxidation sites excluding steroid dienone is 1. The van der Waals surface area contributed by atoms with Gasteiger partial charge in [-0.05, 0) is 11.6 Å². The highest BCUT2D eigenvalue weighted by molar-refractivity contribution is 6.37. The molecular formula is C23H15Cl2FN4O4. The van der Waals surface area contributed by atoms with Gasteiger partial charge in [-0.2, -0.15) is 10.5 Å². The van der Waals surface area contributed by atoms with Crippen molar-refractivity contribution in [1.82, 2.24) is 0 Å². The topological polar surface area (TPSA) is 129 Å². The number of hydrogen-bond donors (Lipinski definition) is 1. The second kappa shape index (κ2) is 9.84. The van der Waals surface area contributed by atoms with Crippen molar-refractivity contribution in [3.8, 4) is 12.1 Å². The van der Waals surface area contributed by atoms with Crippen LogP contribution in [0.25, 0.3) is 0 Å². The number of hydrogen-bond acceptors (Lipinski definition) is 8. The van der Waals surface area contributed by atoms with Crippen LogP contribution in [-0.4, -0.2) is 26.2 Å². The van der Waals surface area contributed by atoms with Crippen LogP contribution >= 0.6 is 23.2 Å². The summed E-state index contributed by atoms with van der Waals surface area (Å²) in [5, 5.41) is 18.9. The molecule has 1 aliphatic rings. The third kappa shape index (κ3) is 3.92. The third-order valence-corrected chi connectivity index (χ3v) is 5.65. The van der Waals surface area contributed by atoms with Crippen molar-refractivity contribution in [3.05, 3.63) is 86.1 Å². The molecule has 1 unspecified atom stereocenters. The number of methoxy groups -OCH3 is 2. The molecule has 8 nitrogen and oxygen atoms in total. The van der Waals surface area contributed by atoms with E-state index in [4.69, 9.17) is 38.4 Å². The molecule has 0 fully saturated rings. The molecule has 2 aromatic carbocycles. The van der Waals surface area contributed by atoms with Gasteiger partial charge in [-0.15, -0.1) is 0 Å². The molecule has 2 aromatic rings. The highest BCUT2D eigenvalue weighted by atomic mass is 35.5.